The minimum atomic E-state index is -1.05. The molecule has 2 nitrogen and oxygen atoms in total. The highest BCUT2D eigenvalue weighted by atomic mass is 32.2. The van der Waals surface area contributed by atoms with Crippen LogP contribution < -0.4 is 5.32 Å². The fraction of sp³-hybridized carbons (Fsp3) is 0.538. The smallest absolute Gasteiger partial charge is 0.123 e. The van der Waals surface area contributed by atoms with Crippen molar-refractivity contribution in [3.8, 4) is 0 Å². The molecule has 0 saturated heterocycles. The monoisotopic (exact) mass is 257 g/mol. The van der Waals surface area contributed by atoms with Crippen LogP contribution in [0.3, 0.4) is 0 Å². The summed E-state index contributed by atoms with van der Waals surface area (Å²) in [6.45, 7) is 5.04. The van der Waals surface area contributed by atoms with Crippen molar-refractivity contribution in [3.05, 3.63) is 30.1 Å². The van der Waals surface area contributed by atoms with Crippen LogP contribution in [0.4, 0.5) is 4.39 Å². The molecule has 1 N–H and O–H groups in total. The molecule has 0 heterocycles. The third kappa shape index (κ3) is 4.96. The third-order valence-electron chi connectivity index (χ3n) is 2.56. The third-order valence-corrected chi connectivity index (χ3v) is 4.06. The molecular formula is C13H20FNOS. The summed E-state index contributed by atoms with van der Waals surface area (Å²) in [5, 5.41) is 3.33. The van der Waals surface area contributed by atoms with Crippen molar-refractivity contribution in [3.63, 3.8) is 0 Å². The number of hydrogen-bond donors (Lipinski definition) is 1. The number of benzene rings is 1. The van der Waals surface area contributed by atoms with Gasteiger partial charge in [0.25, 0.3) is 0 Å². The summed E-state index contributed by atoms with van der Waals surface area (Å²) in [5.74, 6) is 0.301. The highest BCUT2D eigenvalue weighted by Gasteiger charge is 2.12. The highest BCUT2D eigenvalue weighted by molar-refractivity contribution is 7.85. The molecule has 96 valence electrons. The van der Waals surface area contributed by atoms with Gasteiger partial charge in [0.15, 0.2) is 0 Å². The van der Waals surface area contributed by atoms with E-state index >= 15 is 0 Å². The molecule has 17 heavy (non-hydrogen) atoms. The van der Waals surface area contributed by atoms with Gasteiger partial charge in [0, 0.05) is 16.7 Å². The van der Waals surface area contributed by atoms with Crippen molar-refractivity contribution < 1.29 is 8.60 Å². The minimum Gasteiger partial charge on any atom is -0.313 e. The average Bonchev–Trinajstić information content (AvgIpc) is 2.30. The van der Waals surface area contributed by atoms with E-state index in [0.29, 0.717) is 10.6 Å². The van der Waals surface area contributed by atoms with Crippen LogP contribution in [-0.2, 0) is 10.8 Å². The molecule has 0 saturated carbocycles. The average molecular weight is 257 g/mol. The zero-order valence-electron chi connectivity index (χ0n) is 10.4. The standard InChI is InChI=1S/C13H20FNOS/c1-3-5-12(15-4-2)10-17(16)13-8-6-11(14)7-9-13/h6-9,12,15H,3-5,10H2,1-2H3. The molecule has 0 aliphatic carbocycles. The molecule has 2 unspecified atom stereocenters. The lowest BCUT2D eigenvalue weighted by Crippen LogP contribution is -2.33. The van der Waals surface area contributed by atoms with Gasteiger partial charge in [-0.15, -0.1) is 0 Å². The Morgan fingerprint density at radius 3 is 2.47 bits per heavy atom. The summed E-state index contributed by atoms with van der Waals surface area (Å²) in [6, 6.07) is 6.18. The Morgan fingerprint density at radius 1 is 1.29 bits per heavy atom. The molecule has 0 aromatic heterocycles. The van der Waals surface area contributed by atoms with Gasteiger partial charge in [-0.1, -0.05) is 20.3 Å². The van der Waals surface area contributed by atoms with E-state index in [9.17, 15) is 8.60 Å². The Kier molecular flexibility index (Phi) is 6.37. The molecule has 4 heteroatoms. The summed E-state index contributed by atoms with van der Waals surface area (Å²) in [4.78, 5) is 0.699. The largest absolute Gasteiger partial charge is 0.313 e. The fourth-order valence-corrected chi connectivity index (χ4v) is 3.03. The van der Waals surface area contributed by atoms with E-state index in [1.165, 1.54) is 12.1 Å². The molecule has 0 amide bonds. The SMILES string of the molecule is CCCC(CS(=O)c1ccc(F)cc1)NCC. The minimum absolute atomic E-state index is 0.274. The topological polar surface area (TPSA) is 29.1 Å². The first-order valence-electron chi connectivity index (χ1n) is 6.04. The summed E-state index contributed by atoms with van der Waals surface area (Å²) in [6.07, 6.45) is 2.08. The lowest BCUT2D eigenvalue weighted by atomic mass is 10.2. The second-order valence-electron chi connectivity index (χ2n) is 4.01. The Labute approximate surface area is 105 Å². The molecule has 1 aromatic rings. The molecule has 0 fully saturated rings. The molecule has 0 aliphatic heterocycles. The van der Waals surface area contributed by atoms with Crippen LogP contribution in [0.2, 0.25) is 0 Å². The van der Waals surface area contributed by atoms with Gasteiger partial charge >= 0.3 is 0 Å². The Morgan fingerprint density at radius 2 is 1.94 bits per heavy atom. The summed E-state index contributed by atoms with van der Waals surface area (Å²) in [5.41, 5.74) is 0. The summed E-state index contributed by atoms with van der Waals surface area (Å²) >= 11 is 0. The first-order chi connectivity index (χ1) is 8.17. The molecule has 0 spiro atoms. The van der Waals surface area contributed by atoms with Gasteiger partial charge in [-0.3, -0.25) is 4.21 Å². The van der Waals surface area contributed by atoms with Crippen LogP contribution in [0.15, 0.2) is 29.2 Å². The summed E-state index contributed by atoms with van der Waals surface area (Å²) in [7, 11) is -1.05. The van der Waals surface area contributed by atoms with Crippen LogP contribution >= 0.6 is 0 Å². The van der Waals surface area contributed by atoms with Crippen LogP contribution in [0, 0.1) is 5.82 Å². The van der Waals surface area contributed by atoms with Crippen molar-refractivity contribution in [1.29, 1.82) is 0 Å². The lowest BCUT2D eigenvalue weighted by molar-refractivity contribution is 0.525. The number of rotatable bonds is 7. The van der Waals surface area contributed by atoms with Crippen LogP contribution in [0.25, 0.3) is 0 Å². The predicted molar refractivity (Wildman–Crippen MR) is 70.0 cm³/mol. The van der Waals surface area contributed by atoms with E-state index in [2.05, 4.69) is 12.2 Å². The van der Waals surface area contributed by atoms with Crippen molar-refractivity contribution in [1.82, 2.24) is 5.32 Å². The zero-order chi connectivity index (χ0) is 12.7. The number of nitrogens with one attached hydrogen (secondary N) is 1. The Hall–Kier alpha value is -0.740. The Balaban J connectivity index is 2.60. The second-order valence-corrected chi connectivity index (χ2v) is 5.51. The van der Waals surface area contributed by atoms with Gasteiger partial charge in [-0.05, 0) is 37.2 Å². The molecule has 1 aromatic carbocycles. The maximum Gasteiger partial charge on any atom is 0.123 e. The van der Waals surface area contributed by atoms with Crippen LogP contribution in [0.5, 0.6) is 0 Å². The lowest BCUT2D eigenvalue weighted by Gasteiger charge is -2.16. The molecule has 0 radical (unpaired) electrons. The van der Waals surface area contributed by atoms with E-state index < -0.39 is 10.8 Å². The maximum atomic E-state index is 12.7. The number of halogens is 1. The second kappa shape index (κ2) is 7.56. The first-order valence-corrected chi connectivity index (χ1v) is 7.36. The fourth-order valence-electron chi connectivity index (χ4n) is 1.75. The quantitative estimate of drug-likeness (QED) is 0.813. The van der Waals surface area contributed by atoms with Crippen molar-refractivity contribution in [2.75, 3.05) is 12.3 Å². The molecule has 1 rings (SSSR count). The van der Waals surface area contributed by atoms with Crippen molar-refractivity contribution in [2.45, 2.75) is 37.6 Å². The zero-order valence-corrected chi connectivity index (χ0v) is 11.2. The van der Waals surface area contributed by atoms with E-state index in [0.717, 1.165) is 19.4 Å². The number of hydrogen-bond acceptors (Lipinski definition) is 2. The first kappa shape index (κ1) is 14.3. The Bertz CT molecular complexity index is 347. The van der Waals surface area contributed by atoms with Gasteiger partial charge in [0.2, 0.25) is 0 Å². The normalized spacial score (nSPS) is 14.5. The summed E-state index contributed by atoms with van der Waals surface area (Å²) < 4.78 is 24.8. The van der Waals surface area contributed by atoms with Crippen LogP contribution in [0.1, 0.15) is 26.7 Å². The van der Waals surface area contributed by atoms with Gasteiger partial charge in [0.05, 0.1) is 10.8 Å². The van der Waals surface area contributed by atoms with E-state index in [1.807, 2.05) is 6.92 Å². The van der Waals surface area contributed by atoms with Gasteiger partial charge in [-0.25, -0.2) is 4.39 Å². The van der Waals surface area contributed by atoms with Gasteiger partial charge in [0.1, 0.15) is 5.82 Å². The van der Waals surface area contributed by atoms with E-state index in [-0.39, 0.29) is 11.9 Å². The van der Waals surface area contributed by atoms with Gasteiger partial charge in [-0.2, -0.15) is 0 Å². The van der Waals surface area contributed by atoms with Crippen molar-refractivity contribution >= 4 is 10.8 Å². The van der Waals surface area contributed by atoms with Crippen LogP contribution in [-0.4, -0.2) is 22.5 Å². The van der Waals surface area contributed by atoms with Gasteiger partial charge < -0.3 is 5.32 Å². The highest BCUT2D eigenvalue weighted by Crippen LogP contribution is 2.10. The molecule has 2 atom stereocenters. The molecule has 0 aliphatic rings. The van der Waals surface area contributed by atoms with Crippen molar-refractivity contribution in [2.24, 2.45) is 0 Å². The predicted octanol–water partition coefficient (Wildman–Crippen LogP) is 2.71. The molecular weight excluding hydrogens is 237 g/mol. The molecule has 0 bridgehead atoms. The maximum absolute atomic E-state index is 12.7. The van der Waals surface area contributed by atoms with E-state index in [1.54, 1.807) is 12.1 Å². The van der Waals surface area contributed by atoms with E-state index in [4.69, 9.17) is 0 Å².